The van der Waals surface area contributed by atoms with Crippen LogP contribution in [-0.4, -0.2) is 37.7 Å². The Morgan fingerprint density at radius 3 is 1.04 bits per heavy atom. The molecule has 0 aliphatic carbocycles. The molecular formula is C39H56N3O6+3. The lowest BCUT2D eigenvalue weighted by atomic mass is 9.84. The highest BCUT2D eigenvalue weighted by atomic mass is 16.6. The molecule has 0 saturated heterocycles. The van der Waals surface area contributed by atoms with Gasteiger partial charge in [-0.15, -0.1) is 0 Å². The predicted molar refractivity (Wildman–Crippen MR) is 181 cm³/mol. The van der Waals surface area contributed by atoms with Crippen molar-refractivity contribution in [3.8, 4) is 0 Å². The molecule has 0 unspecified atom stereocenters. The van der Waals surface area contributed by atoms with Crippen molar-refractivity contribution in [2.45, 2.75) is 110 Å². The van der Waals surface area contributed by atoms with Crippen LogP contribution in [0.15, 0.2) is 91.8 Å². The number of ether oxygens (including phenoxy) is 3. The van der Waals surface area contributed by atoms with Crippen LogP contribution in [0.3, 0.4) is 0 Å². The first-order valence-electron chi connectivity index (χ1n) is 17.8. The topological polar surface area (TPSA) is 90.5 Å². The van der Waals surface area contributed by atoms with Crippen molar-refractivity contribution >= 4 is 17.9 Å². The van der Waals surface area contributed by atoms with Crippen molar-refractivity contribution in [2.24, 2.45) is 5.41 Å². The number of rotatable bonds is 25. The van der Waals surface area contributed by atoms with Gasteiger partial charge in [-0.2, -0.15) is 13.7 Å². The van der Waals surface area contributed by atoms with E-state index < -0.39 is 23.3 Å². The first kappa shape index (κ1) is 38.3. The lowest BCUT2D eigenvalue weighted by Gasteiger charge is -2.32. The fourth-order valence-electron chi connectivity index (χ4n) is 5.59. The molecule has 3 rings (SSSR count). The summed E-state index contributed by atoms with van der Waals surface area (Å²) in [6.45, 7) is 2.29. The van der Waals surface area contributed by atoms with Crippen LogP contribution in [0.2, 0.25) is 0 Å². The van der Waals surface area contributed by atoms with Crippen LogP contribution in [0.4, 0.5) is 0 Å². The Hall–Kier alpha value is -4.14. The van der Waals surface area contributed by atoms with E-state index in [2.05, 4.69) is 6.92 Å². The van der Waals surface area contributed by atoms with Crippen LogP contribution in [0, 0.1) is 5.41 Å². The maximum Gasteiger partial charge on any atom is 0.372 e. The molecule has 0 fully saturated rings. The van der Waals surface area contributed by atoms with Gasteiger partial charge in [0, 0.05) is 36.4 Å². The molecule has 0 N–H and O–H groups in total. The van der Waals surface area contributed by atoms with Crippen molar-refractivity contribution in [1.29, 1.82) is 0 Å². The number of pyridine rings is 3. The van der Waals surface area contributed by atoms with Gasteiger partial charge in [-0.25, -0.2) is 14.4 Å². The summed E-state index contributed by atoms with van der Waals surface area (Å²) in [5.41, 5.74) is -0.885. The molecule has 48 heavy (non-hydrogen) atoms. The Morgan fingerprint density at radius 2 is 0.729 bits per heavy atom. The van der Waals surface area contributed by atoms with E-state index in [1.54, 1.807) is 50.9 Å². The van der Waals surface area contributed by atoms with Crippen molar-refractivity contribution in [2.75, 3.05) is 19.8 Å². The maximum atomic E-state index is 12.9. The number of carbonyl (C=O) groups excluding carboxylic acids is 3. The number of hydrogen-bond acceptors (Lipinski definition) is 6. The first-order valence-corrected chi connectivity index (χ1v) is 17.8. The number of unbranched alkanes of at least 4 members (excludes halogenated alkanes) is 11. The van der Waals surface area contributed by atoms with E-state index in [4.69, 9.17) is 14.2 Å². The highest BCUT2D eigenvalue weighted by molar-refractivity contribution is 5.68. The molecule has 260 valence electrons. The largest absolute Gasteiger partial charge is 0.460 e. The SMILES string of the molecule is CCCCCCCCCCCCCCC(COC(=O)C[n+]1ccccc1)(COC(=O)C[n+]1ccccc1)COC(=O)C[n+]1ccccc1. The average Bonchev–Trinajstić information content (AvgIpc) is 3.10. The molecule has 0 spiro atoms. The molecule has 0 bridgehead atoms. The minimum atomic E-state index is -0.885. The smallest absolute Gasteiger partial charge is 0.372 e. The summed E-state index contributed by atoms with van der Waals surface area (Å²) < 4.78 is 22.7. The average molecular weight is 663 g/mol. The third-order valence-corrected chi connectivity index (χ3v) is 8.45. The Labute approximate surface area is 286 Å². The van der Waals surface area contributed by atoms with E-state index in [9.17, 15) is 14.4 Å². The van der Waals surface area contributed by atoms with Crippen LogP contribution in [0.5, 0.6) is 0 Å². The molecular weight excluding hydrogens is 606 g/mol. The molecule has 0 atom stereocenters. The van der Waals surface area contributed by atoms with Gasteiger partial charge in [0.25, 0.3) is 0 Å². The number of aromatic nitrogens is 3. The monoisotopic (exact) mass is 662 g/mol. The second kappa shape index (κ2) is 23.2. The van der Waals surface area contributed by atoms with Crippen LogP contribution in [-0.2, 0) is 48.2 Å². The molecule has 9 heteroatoms. The zero-order valence-corrected chi connectivity index (χ0v) is 28.9. The Bertz CT molecular complexity index is 1170. The van der Waals surface area contributed by atoms with Gasteiger partial charge in [0.2, 0.25) is 19.6 Å². The molecule has 0 radical (unpaired) electrons. The Kier molecular flexibility index (Phi) is 18.5. The summed E-state index contributed by atoms with van der Waals surface area (Å²) in [5.74, 6) is -1.24. The summed E-state index contributed by atoms with van der Waals surface area (Å²) in [4.78, 5) is 38.8. The van der Waals surface area contributed by atoms with Crippen LogP contribution < -0.4 is 13.7 Å². The molecule has 9 nitrogen and oxygen atoms in total. The fourth-order valence-corrected chi connectivity index (χ4v) is 5.59. The third kappa shape index (κ3) is 16.6. The Balaban J connectivity index is 1.62. The van der Waals surface area contributed by atoms with Crippen LogP contribution in [0.1, 0.15) is 90.4 Å². The molecule has 0 aromatic carbocycles. The van der Waals surface area contributed by atoms with Gasteiger partial charge in [-0.05, 0) is 6.42 Å². The second-order valence-corrected chi connectivity index (χ2v) is 12.8. The van der Waals surface area contributed by atoms with E-state index in [0.717, 1.165) is 19.3 Å². The van der Waals surface area contributed by atoms with E-state index in [1.165, 1.54) is 57.8 Å². The zero-order chi connectivity index (χ0) is 34.1. The summed E-state index contributed by atoms with van der Waals surface area (Å²) in [5, 5.41) is 0. The molecule has 3 aromatic heterocycles. The van der Waals surface area contributed by atoms with E-state index in [-0.39, 0.29) is 39.5 Å². The zero-order valence-electron chi connectivity index (χ0n) is 28.9. The van der Waals surface area contributed by atoms with E-state index in [1.807, 2.05) is 54.6 Å². The quantitative estimate of drug-likeness (QED) is 0.0504. The molecule has 0 aliphatic rings. The van der Waals surface area contributed by atoms with Gasteiger partial charge >= 0.3 is 17.9 Å². The summed E-state index contributed by atoms with van der Waals surface area (Å²) in [7, 11) is 0. The van der Waals surface area contributed by atoms with Crippen molar-refractivity contribution in [1.82, 2.24) is 0 Å². The van der Waals surface area contributed by atoms with Crippen molar-refractivity contribution < 1.29 is 42.3 Å². The molecule has 0 amide bonds. The van der Waals surface area contributed by atoms with Gasteiger partial charge < -0.3 is 14.2 Å². The van der Waals surface area contributed by atoms with Gasteiger partial charge in [-0.3, -0.25) is 0 Å². The lowest BCUT2D eigenvalue weighted by Crippen LogP contribution is -2.45. The second-order valence-electron chi connectivity index (χ2n) is 12.8. The first-order chi connectivity index (χ1) is 23.5. The number of hydrogen-bond donors (Lipinski definition) is 0. The van der Waals surface area contributed by atoms with Gasteiger partial charge in [0.05, 0.1) is 5.41 Å². The maximum absolute atomic E-state index is 12.9. The minimum Gasteiger partial charge on any atom is -0.460 e. The lowest BCUT2D eigenvalue weighted by molar-refractivity contribution is -0.686. The van der Waals surface area contributed by atoms with Crippen LogP contribution >= 0.6 is 0 Å². The number of nitrogens with zero attached hydrogens (tertiary/aromatic N) is 3. The summed E-state index contributed by atoms with van der Waals surface area (Å²) >= 11 is 0. The van der Waals surface area contributed by atoms with Gasteiger partial charge in [0.15, 0.2) is 37.2 Å². The summed E-state index contributed by atoms with van der Waals surface area (Å²) in [6.07, 6.45) is 25.9. The Morgan fingerprint density at radius 1 is 0.438 bits per heavy atom. The highest BCUT2D eigenvalue weighted by Crippen LogP contribution is 2.28. The normalized spacial score (nSPS) is 11.2. The minimum absolute atomic E-state index is 0.0330. The molecule has 3 heterocycles. The third-order valence-electron chi connectivity index (χ3n) is 8.45. The fraction of sp³-hybridized carbons (Fsp3) is 0.538. The molecule has 3 aromatic rings. The van der Waals surface area contributed by atoms with E-state index in [0.29, 0.717) is 6.42 Å². The standard InChI is InChI=1S/C39H56N3O6/c1-2-3-4-5-6-7-8-9-10-11-12-16-23-39(33-46-36(43)30-40-24-17-13-18-25-40,34-47-37(44)31-41-26-19-14-20-27-41)35-48-38(45)32-42-28-21-15-22-29-42/h13-15,17-22,24-29H,2-12,16,23,30-35H2,1H3/q+3. The highest BCUT2D eigenvalue weighted by Gasteiger charge is 2.36. The van der Waals surface area contributed by atoms with E-state index >= 15 is 0 Å². The van der Waals surface area contributed by atoms with Crippen molar-refractivity contribution in [3.05, 3.63) is 91.8 Å². The number of esters is 3. The van der Waals surface area contributed by atoms with Crippen molar-refractivity contribution in [3.63, 3.8) is 0 Å². The van der Waals surface area contributed by atoms with Gasteiger partial charge in [0.1, 0.15) is 19.8 Å². The summed E-state index contributed by atoms with van der Waals surface area (Å²) in [6, 6.07) is 16.7. The molecule has 0 aliphatic heterocycles. The molecule has 0 saturated carbocycles. The number of carbonyl (C=O) groups is 3. The predicted octanol–water partition coefficient (Wildman–Crippen LogP) is 5.66. The van der Waals surface area contributed by atoms with Crippen LogP contribution in [0.25, 0.3) is 0 Å². The van der Waals surface area contributed by atoms with Gasteiger partial charge in [-0.1, -0.05) is 102 Å².